The van der Waals surface area contributed by atoms with Gasteiger partial charge in [-0.3, -0.25) is 4.90 Å². The summed E-state index contributed by atoms with van der Waals surface area (Å²) >= 11 is 0. The zero-order valence-corrected chi connectivity index (χ0v) is 10.6. The maximum absolute atomic E-state index is 10.6. The molecule has 16 heavy (non-hydrogen) atoms. The summed E-state index contributed by atoms with van der Waals surface area (Å²) in [5, 5.41) is 10.6. The van der Waals surface area contributed by atoms with Crippen LogP contribution in [0.25, 0.3) is 0 Å². The van der Waals surface area contributed by atoms with Gasteiger partial charge in [-0.15, -0.1) is 0 Å². The van der Waals surface area contributed by atoms with Crippen molar-refractivity contribution >= 4 is 0 Å². The second kappa shape index (κ2) is 5.03. The minimum absolute atomic E-state index is 0.0468. The summed E-state index contributed by atoms with van der Waals surface area (Å²) in [5.41, 5.74) is -0.0468. The molecule has 1 saturated carbocycles. The van der Waals surface area contributed by atoms with Gasteiger partial charge >= 0.3 is 0 Å². The van der Waals surface area contributed by atoms with E-state index >= 15 is 0 Å². The first-order valence-electron chi connectivity index (χ1n) is 6.69. The Morgan fingerprint density at radius 3 is 2.44 bits per heavy atom. The Morgan fingerprint density at radius 1 is 1.38 bits per heavy atom. The van der Waals surface area contributed by atoms with E-state index in [2.05, 4.69) is 18.7 Å². The van der Waals surface area contributed by atoms with Crippen LogP contribution < -0.4 is 0 Å². The third-order valence-electron chi connectivity index (χ3n) is 4.68. The zero-order valence-electron chi connectivity index (χ0n) is 10.6. The largest absolute Gasteiger partial charge is 0.391 e. The van der Waals surface area contributed by atoms with Gasteiger partial charge in [-0.1, -0.05) is 13.3 Å². The molecule has 2 aliphatic rings. The number of ether oxygens (including phenoxy) is 1. The highest BCUT2D eigenvalue weighted by Gasteiger charge is 2.43. The Morgan fingerprint density at radius 2 is 2.00 bits per heavy atom. The molecular weight excluding hydrogens is 202 g/mol. The number of aliphatic hydroxyl groups is 1. The second-order valence-electron chi connectivity index (χ2n) is 5.45. The van der Waals surface area contributed by atoms with Crippen molar-refractivity contribution in [2.24, 2.45) is 5.92 Å². The molecule has 0 aromatic rings. The predicted molar refractivity (Wildman–Crippen MR) is 64.4 cm³/mol. The Hall–Kier alpha value is -0.120. The standard InChI is InChI=1S/C13H25NO2/c1-3-13(2,12(15)11-5-4-6-11)14-7-9-16-10-8-14/h11-12,15H,3-10H2,1-2H3. The van der Waals surface area contributed by atoms with Gasteiger partial charge in [0.05, 0.1) is 19.3 Å². The number of rotatable bonds is 4. The summed E-state index contributed by atoms with van der Waals surface area (Å²) in [6.07, 6.45) is 4.57. The lowest BCUT2D eigenvalue weighted by Gasteiger charge is -2.49. The molecule has 94 valence electrons. The molecule has 2 rings (SSSR count). The minimum atomic E-state index is -0.163. The van der Waals surface area contributed by atoms with Crippen LogP contribution >= 0.6 is 0 Å². The van der Waals surface area contributed by atoms with Crippen molar-refractivity contribution in [2.75, 3.05) is 26.3 Å². The number of hydrogen-bond acceptors (Lipinski definition) is 3. The predicted octanol–water partition coefficient (Wildman–Crippen LogP) is 1.65. The van der Waals surface area contributed by atoms with Crippen molar-refractivity contribution in [3.05, 3.63) is 0 Å². The van der Waals surface area contributed by atoms with Gasteiger partial charge in [0.1, 0.15) is 0 Å². The maximum atomic E-state index is 10.6. The molecule has 3 heteroatoms. The van der Waals surface area contributed by atoms with Crippen LogP contribution in [0.4, 0.5) is 0 Å². The van der Waals surface area contributed by atoms with Crippen molar-refractivity contribution in [1.82, 2.24) is 4.90 Å². The summed E-state index contributed by atoms with van der Waals surface area (Å²) in [6.45, 7) is 7.97. The molecule has 0 aromatic carbocycles. The highest BCUT2D eigenvalue weighted by molar-refractivity contribution is 4.97. The average molecular weight is 227 g/mol. The molecule has 1 saturated heterocycles. The van der Waals surface area contributed by atoms with Crippen LogP contribution in [0.2, 0.25) is 0 Å². The normalized spacial score (nSPS) is 29.4. The quantitative estimate of drug-likeness (QED) is 0.792. The van der Waals surface area contributed by atoms with Crippen LogP contribution in [0.5, 0.6) is 0 Å². The number of morpholine rings is 1. The van der Waals surface area contributed by atoms with Crippen LogP contribution in [0, 0.1) is 5.92 Å². The van der Waals surface area contributed by atoms with E-state index in [1.54, 1.807) is 0 Å². The average Bonchev–Trinajstić information content (AvgIpc) is 2.27. The lowest BCUT2D eigenvalue weighted by Crippen LogP contribution is -2.60. The number of aliphatic hydroxyl groups excluding tert-OH is 1. The van der Waals surface area contributed by atoms with Crippen LogP contribution in [0.3, 0.4) is 0 Å². The SMILES string of the molecule is CCC(C)(C(O)C1CCC1)N1CCOCC1. The maximum Gasteiger partial charge on any atom is 0.0749 e. The van der Waals surface area contributed by atoms with E-state index in [0.717, 1.165) is 32.7 Å². The van der Waals surface area contributed by atoms with Gasteiger partial charge in [0.25, 0.3) is 0 Å². The van der Waals surface area contributed by atoms with E-state index in [9.17, 15) is 5.11 Å². The Kier molecular flexibility index (Phi) is 3.88. The van der Waals surface area contributed by atoms with Crippen molar-refractivity contribution in [3.8, 4) is 0 Å². The summed E-state index contributed by atoms with van der Waals surface area (Å²) in [6, 6.07) is 0. The molecule has 1 N–H and O–H groups in total. The monoisotopic (exact) mass is 227 g/mol. The fourth-order valence-corrected chi connectivity index (χ4v) is 2.96. The van der Waals surface area contributed by atoms with Crippen molar-refractivity contribution in [2.45, 2.75) is 51.2 Å². The van der Waals surface area contributed by atoms with Crippen molar-refractivity contribution in [3.63, 3.8) is 0 Å². The molecule has 0 spiro atoms. The van der Waals surface area contributed by atoms with Gasteiger partial charge < -0.3 is 9.84 Å². The molecule has 0 bridgehead atoms. The summed E-state index contributed by atoms with van der Waals surface area (Å²) < 4.78 is 5.40. The molecule has 1 aliphatic carbocycles. The highest BCUT2D eigenvalue weighted by atomic mass is 16.5. The van der Waals surface area contributed by atoms with E-state index in [0.29, 0.717) is 5.92 Å². The van der Waals surface area contributed by atoms with Gasteiger partial charge in [-0.25, -0.2) is 0 Å². The second-order valence-corrected chi connectivity index (χ2v) is 5.45. The first-order chi connectivity index (χ1) is 7.68. The van der Waals surface area contributed by atoms with Gasteiger partial charge in [0.2, 0.25) is 0 Å². The van der Waals surface area contributed by atoms with E-state index in [-0.39, 0.29) is 11.6 Å². The molecule has 1 aliphatic heterocycles. The van der Waals surface area contributed by atoms with Crippen LogP contribution in [-0.4, -0.2) is 48.0 Å². The van der Waals surface area contributed by atoms with Crippen molar-refractivity contribution in [1.29, 1.82) is 0 Å². The van der Waals surface area contributed by atoms with E-state index in [1.807, 2.05) is 0 Å². The fourth-order valence-electron chi connectivity index (χ4n) is 2.96. The molecule has 0 amide bonds. The zero-order chi connectivity index (χ0) is 11.6. The summed E-state index contributed by atoms with van der Waals surface area (Å²) in [4.78, 5) is 2.43. The third kappa shape index (κ3) is 2.13. The molecule has 2 unspecified atom stereocenters. The molecule has 0 radical (unpaired) electrons. The molecule has 0 aromatic heterocycles. The summed E-state index contributed by atoms with van der Waals surface area (Å²) in [7, 11) is 0. The summed E-state index contributed by atoms with van der Waals surface area (Å²) in [5.74, 6) is 0.535. The third-order valence-corrected chi connectivity index (χ3v) is 4.68. The Bertz CT molecular complexity index is 220. The number of hydrogen-bond donors (Lipinski definition) is 1. The number of nitrogens with zero attached hydrogens (tertiary/aromatic N) is 1. The Balaban J connectivity index is 2.03. The molecule has 2 atom stereocenters. The topological polar surface area (TPSA) is 32.7 Å². The van der Waals surface area contributed by atoms with Crippen molar-refractivity contribution < 1.29 is 9.84 Å². The molecular formula is C13H25NO2. The van der Waals surface area contributed by atoms with Crippen LogP contribution in [0.1, 0.15) is 39.5 Å². The van der Waals surface area contributed by atoms with E-state index in [1.165, 1.54) is 19.3 Å². The minimum Gasteiger partial charge on any atom is -0.391 e. The molecule has 3 nitrogen and oxygen atoms in total. The molecule has 2 fully saturated rings. The molecule has 1 heterocycles. The van der Waals surface area contributed by atoms with Crippen LogP contribution in [0.15, 0.2) is 0 Å². The lowest BCUT2D eigenvalue weighted by atomic mass is 9.72. The van der Waals surface area contributed by atoms with Gasteiger partial charge in [-0.2, -0.15) is 0 Å². The van der Waals surface area contributed by atoms with Crippen LogP contribution in [-0.2, 0) is 4.74 Å². The first kappa shape index (κ1) is 12.3. The van der Waals surface area contributed by atoms with Gasteiger partial charge in [0.15, 0.2) is 0 Å². The first-order valence-corrected chi connectivity index (χ1v) is 6.69. The van der Waals surface area contributed by atoms with E-state index in [4.69, 9.17) is 4.74 Å². The highest BCUT2D eigenvalue weighted by Crippen LogP contribution is 2.38. The van der Waals surface area contributed by atoms with Gasteiger partial charge in [-0.05, 0) is 32.1 Å². The smallest absolute Gasteiger partial charge is 0.0749 e. The fraction of sp³-hybridized carbons (Fsp3) is 1.00. The lowest BCUT2D eigenvalue weighted by molar-refractivity contribution is -0.102. The Labute approximate surface area is 98.8 Å². The van der Waals surface area contributed by atoms with E-state index < -0.39 is 0 Å². The van der Waals surface area contributed by atoms with Gasteiger partial charge in [0, 0.05) is 18.6 Å².